The average Bonchev–Trinajstić information content (AvgIpc) is 3.59. The zero-order valence-corrected chi connectivity index (χ0v) is 20.7. The molecule has 4 heterocycles. The SMILES string of the molecule is CC(C)/C=C(/C#N)C(=O)N1CC(Cn2c(NC(=O)c3ccc(-c4cn[nH]c4)s3)nc3ccccc32)C1. The van der Waals surface area contributed by atoms with Crippen LogP contribution in [-0.4, -0.2) is 49.6 Å². The van der Waals surface area contributed by atoms with Crippen LogP contribution in [0.3, 0.4) is 0 Å². The molecule has 0 aliphatic carbocycles. The fourth-order valence-corrected chi connectivity index (χ4v) is 5.17. The first-order valence-electron chi connectivity index (χ1n) is 11.7. The molecule has 0 bridgehead atoms. The van der Waals surface area contributed by atoms with E-state index >= 15 is 0 Å². The van der Waals surface area contributed by atoms with E-state index in [0.717, 1.165) is 21.5 Å². The second-order valence-electron chi connectivity index (χ2n) is 9.15. The Morgan fingerprint density at radius 1 is 1.28 bits per heavy atom. The van der Waals surface area contributed by atoms with Crippen molar-refractivity contribution in [3.05, 3.63) is 65.3 Å². The van der Waals surface area contributed by atoms with E-state index in [2.05, 4.69) is 20.5 Å². The van der Waals surface area contributed by atoms with Gasteiger partial charge in [0, 0.05) is 42.2 Å². The molecule has 182 valence electrons. The smallest absolute Gasteiger partial charge is 0.268 e. The van der Waals surface area contributed by atoms with Crippen molar-refractivity contribution in [1.82, 2.24) is 24.6 Å². The number of nitrogens with zero attached hydrogens (tertiary/aromatic N) is 5. The number of rotatable bonds is 7. The number of allylic oxidation sites excluding steroid dienone is 1. The molecule has 3 aromatic heterocycles. The Bertz CT molecular complexity index is 1480. The highest BCUT2D eigenvalue weighted by molar-refractivity contribution is 7.17. The molecule has 2 N–H and O–H groups in total. The highest BCUT2D eigenvalue weighted by atomic mass is 32.1. The molecule has 0 saturated carbocycles. The first kappa shape index (κ1) is 23.5. The van der Waals surface area contributed by atoms with Crippen molar-refractivity contribution in [3.63, 3.8) is 0 Å². The van der Waals surface area contributed by atoms with E-state index < -0.39 is 0 Å². The highest BCUT2D eigenvalue weighted by Gasteiger charge is 2.33. The van der Waals surface area contributed by atoms with Crippen LogP contribution in [0.2, 0.25) is 0 Å². The number of para-hydroxylation sites is 2. The predicted molar refractivity (Wildman–Crippen MR) is 138 cm³/mol. The summed E-state index contributed by atoms with van der Waals surface area (Å²) in [5, 5.41) is 19.1. The molecule has 4 aromatic rings. The van der Waals surface area contributed by atoms with Crippen LogP contribution in [0.1, 0.15) is 23.5 Å². The van der Waals surface area contributed by atoms with Crippen molar-refractivity contribution in [3.8, 4) is 16.5 Å². The minimum absolute atomic E-state index is 0.128. The Morgan fingerprint density at radius 2 is 2.08 bits per heavy atom. The second kappa shape index (κ2) is 9.79. The molecule has 1 fully saturated rings. The number of thiophene rings is 1. The van der Waals surface area contributed by atoms with Gasteiger partial charge in [0.1, 0.15) is 11.6 Å². The van der Waals surface area contributed by atoms with Gasteiger partial charge in [0.15, 0.2) is 0 Å². The first-order valence-corrected chi connectivity index (χ1v) is 12.5. The summed E-state index contributed by atoms with van der Waals surface area (Å²) in [5.41, 5.74) is 2.82. The molecule has 1 saturated heterocycles. The summed E-state index contributed by atoms with van der Waals surface area (Å²) in [6.45, 7) is 5.58. The van der Waals surface area contributed by atoms with Crippen LogP contribution in [-0.2, 0) is 11.3 Å². The topological polar surface area (TPSA) is 120 Å². The van der Waals surface area contributed by atoms with E-state index in [1.165, 1.54) is 11.3 Å². The number of hydrogen-bond donors (Lipinski definition) is 2. The third kappa shape index (κ3) is 4.65. The lowest BCUT2D eigenvalue weighted by atomic mass is 9.98. The van der Waals surface area contributed by atoms with Gasteiger partial charge in [0.05, 0.1) is 22.1 Å². The van der Waals surface area contributed by atoms with Gasteiger partial charge in [0.2, 0.25) is 5.95 Å². The van der Waals surface area contributed by atoms with Gasteiger partial charge in [-0.1, -0.05) is 32.1 Å². The van der Waals surface area contributed by atoms with E-state index in [4.69, 9.17) is 0 Å². The minimum Gasteiger partial charge on any atom is -0.337 e. The lowest BCUT2D eigenvalue weighted by molar-refractivity contribution is -0.133. The van der Waals surface area contributed by atoms with Crippen molar-refractivity contribution < 1.29 is 9.59 Å². The van der Waals surface area contributed by atoms with Gasteiger partial charge in [-0.15, -0.1) is 11.3 Å². The van der Waals surface area contributed by atoms with Crippen LogP contribution in [0.25, 0.3) is 21.5 Å². The molecular weight excluding hydrogens is 474 g/mol. The summed E-state index contributed by atoms with van der Waals surface area (Å²) in [7, 11) is 0. The summed E-state index contributed by atoms with van der Waals surface area (Å²) < 4.78 is 2.00. The maximum Gasteiger partial charge on any atom is 0.268 e. The van der Waals surface area contributed by atoms with Crippen molar-refractivity contribution in [1.29, 1.82) is 5.26 Å². The largest absolute Gasteiger partial charge is 0.337 e. The van der Waals surface area contributed by atoms with E-state index in [9.17, 15) is 14.9 Å². The second-order valence-corrected chi connectivity index (χ2v) is 10.2. The lowest BCUT2D eigenvalue weighted by Gasteiger charge is -2.39. The fourth-order valence-electron chi connectivity index (χ4n) is 4.29. The maximum atomic E-state index is 13.1. The molecule has 0 unspecified atom stereocenters. The Kier molecular flexibility index (Phi) is 6.40. The van der Waals surface area contributed by atoms with Crippen molar-refractivity contribution in [2.24, 2.45) is 11.8 Å². The standard InChI is InChI=1S/C26H25N7O2S/c1-16(2)9-18(10-27)25(35)32-13-17(14-32)15-33-21-6-4-3-5-20(21)30-26(33)31-24(34)23-8-7-22(36-23)19-11-28-29-12-19/h3-9,11-12,16-17H,13-15H2,1-2H3,(H,28,29)(H,30,31,34)/b18-9-. The number of carbonyl (C=O) groups excluding carboxylic acids is 2. The maximum absolute atomic E-state index is 13.1. The number of nitrogens with one attached hydrogen (secondary N) is 2. The van der Waals surface area contributed by atoms with Crippen LogP contribution in [0, 0.1) is 23.2 Å². The Balaban J connectivity index is 1.32. The number of aromatic nitrogens is 4. The van der Waals surface area contributed by atoms with Gasteiger partial charge < -0.3 is 9.47 Å². The number of anilines is 1. The zero-order valence-electron chi connectivity index (χ0n) is 19.9. The zero-order chi connectivity index (χ0) is 25.2. The quantitative estimate of drug-likeness (QED) is 0.290. The Hall–Kier alpha value is -4.23. The normalized spacial score (nSPS) is 14.2. The number of fused-ring (bicyclic) bond motifs is 1. The van der Waals surface area contributed by atoms with Gasteiger partial charge in [-0.2, -0.15) is 10.4 Å². The molecule has 0 spiro atoms. The van der Waals surface area contributed by atoms with Gasteiger partial charge in [-0.3, -0.25) is 20.0 Å². The number of aromatic amines is 1. The Labute approximate surface area is 212 Å². The minimum atomic E-state index is -0.228. The summed E-state index contributed by atoms with van der Waals surface area (Å²) in [6, 6.07) is 13.5. The number of carbonyl (C=O) groups is 2. The third-order valence-electron chi connectivity index (χ3n) is 6.03. The van der Waals surface area contributed by atoms with Crippen molar-refractivity contribution >= 4 is 40.1 Å². The molecule has 5 rings (SSSR count). The van der Waals surface area contributed by atoms with Crippen LogP contribution in [0.4, 0.5) is 5.95 Å². The molecule has 36 heavy (non-hydrogen) atoms. The third-order valence-corrected chi connectivity index (χ3v) is 7.16. The molecule has 10 heteroatoms. The Morgan fingerprint density at radius 3 is 2.81 bits per heavy atom. The van der Waals surface area contributed by atoms with E-state index in [1.54, 1.807) is 29.4 Å². The number of imidazole rings is 1. The van der Waals surface area contributed by atoms with Gasteiger partial charge in [0.25, 0.3) is 11.8 Å². The number of H-pyrrole nitrogens is 1. The first-order chi connectivity index (χ1) is 17.4. The number of hydrogen-bond acceptors (Lipinski definition) is 6. The molecule has 0 atom stereocenters. The summed E-state index contributed by atoms with van der Waals surface area (Å²) in [6.07, 6.45) is 5.21. The summed E-state index contributed by atoms with van der Waals surface area (Å²) >= 11 is 1.39. The molecule has 2 amide bonds. The summed E-state index contributed by atoms with van der Waals surface area (Å²) in [4.78, 5) is 33.6. The fraction of sp³-hybridized carbons (Fsp3) is 0.269. The van der Waals surface area contributed by atoms with Crippen LogP contribution in [0.5, 0.6) is 0 Å². The van der Waals surface area contributed by atoms with Gasteiger partial charge >= 0.3 is 0 Å². The number of nitriles is 1. The molecule has 1 aliphatic rings. The van der Waals surface area contributed by atoms with Gasteiger partial charge in [-0.05, 0) is 30.2 Å². The van der Waals surface area contributed by atoms with E-state index in [-0.39, 0.29) is 29.2 Å². The van der Waals surface area contributed by atoms with Crippen molar-refractivity contribution in [2.75, 3.05) is 18.4 Å². The van der Waals surface area contributed by atoms with Crippen LogP contribution >= 0.6 is 11.3 Å². The van der Waals surface area contributed by atoms with Gasteiger partial charge in [-0.25, -0.2) is 4.98 Å². The monoisotopic (exact) mass is 499 g/mol. The number of benzene rings is 1. The molecule has 1 aromatic carbocycles. The molecule has 0 radical (unpaired) electrons. The van der Waals surface area contributed by atoms with Crippen molar-refractivity contribution in [2.45, 2.75) is 20.4 Å². The number of likely N-dealkylation sites (tertiary alicyclic amines) is 1. The van der Waals surface area contributed by atoms with E-state index in [1.807, 2.05) is 54.8 Å². The highest BCUT2D eigenvalue weighted by Crippen LogP contribution is 2.29. The molecule has 9 nitrogen and oxygen atoms in total. The van der Waals surface area contributed by atoms with Crippen LogP contribution < -0.4 is 5.32 Å². The average molecular weight is 500 g/mol. The van der Waals surface area contributed by atoms with E-state index in [0.29, 0.717) is 30.5 Å². The predicted octanol–water partition coefficient (Wildman–Crippen LogP) is 4.30. The summed E-state index contributed by atoms with van der Waals surface area (Å²) in [5.74, 6) is 0.340. The van der Waals surface area contributed by atoms with Crippen LogP contribution in [0.15, 0.2) is 60.4 Å². The molecule has 1 aliphatic heterocycles. The lowest BCUT2D eigenvalue weighted by Crippen LogP contribution is -2.51. The molecular formula is C26H25N7O2S. The number of amides is 2.